The minimum atomic E-state index is -0.483. The Hall–Kier alpha value is -2.09. The molecule has 0 spiro atoms. The summed E-state index contributed by atoms with van der Waals surface area (Å²) in [5.41, 5.74) is -0.216. The summed E-state index contributed by atoms with van der Waals surface area (Å²) >= 11 is 0. The fourth-order valence-corrected chi connectivity index (χ4v) is 8.89. The van der Waals surface area contributed by atoms with Gasteiger partial charge in [0.1, 0.15) is 6.54 Å². The Balaban J connectivity index is 1.17. The van der Waals surface area contributed by atoms with Crippen molar-refractivity contribution in [2.24, 2.45) is 45.9 Å². The van der Waals surface area contributed by atoms with E-state index in [1.807, 2.05) is 13.0 Å². The Labute approximate surface area is 200 Å². The van der Waals surface area contributed by atoms with E-state index >= 15 is 0 Å². The van der Waals surface area contributed by atoms with Gasteiger partial charge in [-0.3, -0.25) is 9.79 Å². The lowest BCUT2D eigenvalue weighted by atomic mass is 9.49. The number of aliphatic hydroxyl groups is 1. The van der Waals surface area contributed by atoms with Gasteiger partial charge in [0.15, 0.2) is 5.78 Å². The number of carbonyl (C=O) groups is 1. The van der Waals surface area contributed by atoms with Crippen molar-refractivity contribution >= 4 is 17.7 Å². The van der Waals surface area contributed by atoms with Gasteiger partial charge in [-0.15, -0.1) is 0 Å². The molecular weight excluding hydrogens is 430 g/mol. The van der Waals surface area contributed by atoms with Crippen LogP contribution in [0.25, 0.3) is 5.70 Å². The summed E-state index contributed by atoms with van der Waals surface area (Å²) in [6, 6.07) is 0. The average Bonchev–Trinajstić information content (AvgIpc) is 3.52. The molecule has 1 aromatic rings. The highest BCUT2D eigenvalue weighted by Gasteiger charge is 2.58. The molecule has 4 fully saturated rings. The lowest BCUT2D eigenvalue weighted by Crippen LogP contribution is -2.51. The Morgan fingerprint density at radius 3 is 2.68 bits per heavy atom. The van der Waals surface area contributed by atoms with Crippen molar-refractivity contribution in [1.82, 2.24) is 19.8 Å². The van der Waals surface area contributed by atoms with Gasteiger partial charge in [-0.05, 0) is 116 Å². The third-order valence-electron chi connectivity index (χ3n) is 10.4. The molecule has 4 saturated carbocycles. The number of hydrogen-bond donors (Lipinski definition) is 1. The number of rotatable bonds is 4. The predicted molar refractivity (Wildman–Crippen MR) is 128 cm³/mol. The van der Waals surface area contributed by atoms with Gasteiger partial charge >= 0.3 is 5.69 Å². The van der Waals surface area contributed by atoms with Gasteiger partial charge in [0.2, 0.25) is 0 Å². The summed E-state index contributed by atoms with van der Waals surface area (Å²) in [7, 11) is 0. The lowest BCUT2D eigenvalue weighted by Gasteiger charge is -2.56. The maximum atomic E-state index is 13.5. The normalized spacial score (nSPS) is 43.2. The van der Waals surface area contributed by atoms with Gasteiger partial charge in [-0.25, -0.2) is 4.79 Å². The monoisotopic (exact) mass is 467 g/mol. The molecule has 1 N–H and O–H groups in total. The van der Waals surface area contributed by atoms with E-state index in [1.54, 1.807) is 6.21 Å². The van der Waals surface area contributed by atoms with Gasteiger partial charge in [0, 0.05) is 12.1 Å². The lowest BCUT2D eigenvalue weighted by molar-refractivity contribution is -0.133. The van der Waals surface area contributed by atoms with E-state index in [1.165, 1.54) is 28.6 Å². The van der Waals surface area contributed by atoms with Gasteiger partial charge < -0.3 is 5.11 Å². The molecule has 0 unspecified atom stereocenters. The maximum Gasteiger partial charge on any atom is 0.368 e. The number of aliphatic imine (C=N–C) groups is 1. The fraction of sp³-hybridized carbons (Fsp3) is 0.808. The third-order valence-corrected chi connectivity index (χ3v) is 10.4. The summed E-state index contributed by atoms with van der Waals surface area (Å²) in [5.74, 6) is 3.60. The van der Waals surface area contributed by atoms with Crippen molar-refractivity contribution in [2.45, 2.75) is 83.8 Å². The second kappa shape index (κ2) is 7.97. The molecule has 0 aromatic carbocycles. The minimum absolute atomic E-state index is 0.00408. The molecule has 5 aliphatic rings. The Morgan fingerprint density at radius 2 is 1.88 bits per heavy atom. The van der Waals surface area contributed by atoms with E-state index in [9.17, 15) is 14.7 Å². The first-order valence-electron chi connectivity index (χ1n) is 13.3. The first-order valence-corrected chi connectivity index (χ1v) is 13.3. The van der Waals surface area contributed by atoms with Crippen molar-refractivity contribution in [3.05, 3.63) is 16.6 Å². The number of tetrazole rings is 1. The molecule has 0 saturated heterocycles. The van der Waals surface area contributed by atoms with Crippen LogP contribution >= 0.6 is 0 Å². The fourth-order valence-electron chi connectivity index (χ4n) is 8.89. The molecule has 0 radical (unpaired) electrons. The van der Waals surface area contributed by atoms with Crippen LogP contribution in [0.3, 0.4) is 0 Å². The summed E-state index contributed by atoms with van der Waals surface area (Å²) in [6.45, 7) is 4.91. The van der Waals surface area contributed by atoms with Crippen LogP contribution in [0.4, 0.5) is 0 Å². The van der Waals surface area contributed by atoms with E-state index in [0.29, 0.717) is 30.0 Å². The van der Waals surface area contributed by atoms with Crippen molar-refractivity contribution in [2.75, 3.05) is 6.54 Å². The van der Waals surface area contributed by atoms with E-state index < -0.39 is 5.60 Å². The molecule has 8 nitrogen and oxygen atoms in total. The van der Waals surface area contributed by atoms with Crippen LogP contribution < -0.4 is 5.69 Å². The third kappa shape index (κ3) is 3.47. The average molecular weight is 468 g/mol. The van der Waals surface area contributed by atoms with E-state index in [-0.39, 0.29) is 29.4 Å². The summed E-state index contributed by atoms with van der Waals surface area (Å²) in [6.07, 6.45) is 13.3. The van der Waals surface area contributed by atoms with Crippen molar-refractivity contribution in [3.8, 4) is 0 Å². The standard InChI is InChI=1S/C26H37N5O3/c1-25(34)10-7-18-16(13-25)3-4-20-19(18)8-11-26(2)21(20)5-6-22(26)23(32)15-30-24(33)31(29-28-30)17-9-12-27-14-17/h9,14,16,18-22,34H,3-8,10-13,15H2,1-2H3/t16-,18+,19-,20-,21+,22-,25-,26+/m1/s1. The van der Waals surface area contributed by atoms with Crippen LogP contribution in [0.2, 0.25) is 0 Å². The zero-order chi connectivity index (χ0) is 23.7. The molecule has 2 heterocycles. The van der Waals surface area contributed by atoms with E-state index in [0.717, 1.165) is 50.4 Å². The molecule has 184 valence electrons. The molecule has 4 aliphatic carbocycles. The number of aromatic nitrogens is 4. The SMILES string of the molecule is C[C@@]1(O)CC[C@H]2[C@H](CC[C@@H]3[C@@H]2CC[C@]2(C)[C@@H](C(=O)Cn4nnn(C5=CCN=C5)c4=O)CC[C@@H]32)C1. The number of hydrogen-bond acceptors (Lipinski definition) is 6. The van der Waals surface area contributed by atoms with Gasteiger partial charge in [-0.2, -0.15) is 9.36 Å². The van der Waals surface area contributed by atoms with E-state index in [2.05, 4.69) is 22.3 Å². The van der Waals surface area contributed by atoms with Crippen LogP contribution in [0.15, 0.2) is 15.9 Å². The van der Waals surface area contributed by atoms with Crippen molar-refractivity contribution in [1.29, 1.82) is 0 Å². The number of carbonyl (C=O) groups excluding carboxylic acids is 1. The number of nitrogens with zero attached hydrogens (tertiary/aromatic N) is 5. The summed E-state index contributed by atoms with van der Waals surface area (Å²) in [4.78, 5) is 30.4. The maximum absolute atomic E-state index is 13.5. The highest BCUT2D eigenvalue weighted by Crippen LogP contribution is 2.64. The zero-order valence-corrected chi connectivity index (χ0v) is 20.4. The second-order valence-electron chi connectivity index (χ2n) is 12.3. The van der Waals surface area contributed by atoms with Gasteiger partial charge in [-0.1, -0.05) is 6.92 Å². The molecule has 34 heavy (non-hydrogen) atoms. The zero-order valence-electron chi connectivity index (χ0n) is 20.4. The first kappa shape index (κ1) is 22.4. The summed E-state index contributed by atoms with van der Waals surface area (Å²) < 4.78 is 2.45. The molecule has 0 bridgehead atoms. The van der Waals surface area contributed by atoms with Crippen molar-refractivity contribution < 1.29 is 9.90 Å². The van der Waals surface area contributed by atoms with Crippen LogP contribution in [-0.4, -0.2) is 49.0 Å². The number of Topliss-reactive ketones (excluding diaryl/α,β-unsaturated/α-hetero) is 1. The minimum Gasteiger partial charge on any atom is -0.390 e. The Kier molecular flexibility index (Phi) is 5.24. The first-order chi connectivity index (χ1) is 16.3. The molecule has 6 rings (SSSR count). The molecule has 1 aliphatic heterocycles. The topological polar surface area (TPSA) is 102 Å². The highest BCUT2D eigenvalue weighted by molar-refractivity contribution is 6.03. The number of ketones is 1. The van der Waals surface area contributed by atoms with Gasteiger partial charge in [0.25, 0.3) is 0 Å². The quantitative estimate of drug-likeness (QED) is 0.733. The predicted octanol–water partition coefficient (Wildman–Crippen LogP) is 2.95. The number of allylic oxidation sites excluding steroid dienone is 1. The van der Waals surface area contributed by atoms with Crippen LogP contribution in [0.1, 0.15) is 71.6 Å². The molecule has 8 atom stereocenters. The molecular formula is C26H37N5O3. The highest BCUT2D eigenvalue weighted by atomic mass is 16.3. The second-order valence-corrected chi connectivity index (χ2v) is 12.3. The molecule has 8 heteroatoms. The Morgan fingerprint density at radius 1 is 1.06 bits per heavy atom. The van der Waals surface area contributed by atoms with E-state index in [4.69, 9.17) is 0 Å². The van der Waals surface area contributed by atoms with Gasteiger partial charge in [0.05, 0.1) is 17.8 Å². The summed E-state index contributed by atoms with van der Waals surface area (Å²) in [5, 5.41) is 18.6. The molecule has 0 amide bonds. The van der Waals surface area contributed by atoms with Crippen LogP contribution in [0.5, 0.6) is 0 Å². The van der Waals surface area contributed by atoms with Crippen molar-refractivity contribution in [3.63, 3.8) is 0 Å². The Bertz CT molecular complexity index is 1100. The molecule has 1 aromatic heterocycles. The number of fused-ring (bicyclic) bond motifs is 5. The van der Waals surface area contributed by atoms with Crippen LogP contribution in [-0.2, 0) is 11.3 Å². The van der Waals surface area contributed by atoms with Crippen LogP contribution in [0, 0.1) is 40.9 Å². The largest absolute Gasteiger partial charge is 0.390 e. The smallest absolute Gasteiger partial charge is 0.368 e.